The van der Waals surface area contributed by atoms with Gasteiger partial charge in [0, 0.05) is 5.56 Å². The van der Waals surface area contributed by atoms with Crippen LogP contribution in [-0.4, -0.2) is 21.0 Å². The standard InChI is InChI=1S/C9H13N3O2S/c1-2-3-4-5-6(8(13)14)11-9(15)12-7(5)10/h2-4H2,1H3,(H,13,14)(H3,10,11,12,15). The SMILES string of the molecule is CCCCc1c(N)nc(=S)[nH]c1C(=O)O. The zero-order valence-electron chi connectivity index (χ0n) is 8.41. The third kappa shape index (κ3) is 2.76. The van der Waals surface area contributed by atoms with Gasteiger partial charge in [-0.05, 0) is 25.1 Å². The topological polar surface area (TPSA) is 92.0 Å². The lowest BCUT2D eigenvalue weighted by Crippen LogP contribution is -2.11. The Bertz CT molecular complexity index is 428. The number of nitrogens with two attached hydrogens (primary N) is 1. The fourth-order valence-electron chi connectivity index (χ4n) is 1.30. The first-order valence-electron chi connectivity index (χ1n) is 4.68. The maximum atomic E-state index is 10.9. The molecule has 15 heavy (non-hydrogen) atoms. The zero-order chi connectivity index (χ0) is 11.4. The lowest BCUT2D eigenvalue weighted by molar-refractivity contribution is 0.0689. The van der Waals surface area contributed by atoms with Crippen molar-refractivity contribution < 1.29 is 9.90 Å². The molecule has 0 aliphatic heterocycles. The molecule has 82 valence electrons. The minimum Gasteiger partial charge on any atom is -0.477 e. The van der Waals surface area contributed by atoms with Gasteiger partial charge in [-0.15, -0.1) is 0 Å². The van der Waals surface area contributed by atoms with E-state index in [4.69, 9.17) is 23.1 Å². The first kappa shape index (κ1) is 11.6. The average Bonchev–Trinajstić information content (AvgIpc) is 2.15. The highest BCUT2D eigenvalue weighted by Gasteiger charge is 2.14. The van der Waals surface area contributed by atoms with Crippen molar-refractivity contribution in [3.05, 3.63) is 16.0 Å². The van der Waals surface area contributed by atoms with Gasteiger partial charge in [0.1, 0.15) is 11.5 Å². The monoisotopic (exact) mass is 227 g/mol. The maximum absolute atomic E-state index is 10.9. The van der Waals surface area contributed by atoms with Crippen molar-refractivity contribution in [3.63, 3.8) is 0 Å². The number of nitrogens with one attached hydrogen (secondary N) is 1. The predicted octanol–water partition coefficient (Wildman–Crippen LogP) is 1.76. The fraction of sp³-hybridized carbons (Fsp3) is 0.444. The van der Waals surface area contributed by atoms with Crippen LogP contribution in [0.15, 0.2) is 0 Å². The van der Waals surface area contributed by atoms with Gasteiger partial charge in [-0.2, -0.15) is 0 Å². The third-order valence-electron chi connectivity index (χ3n) is 2.06. The molecule has 0 unspecified atom stereocenters. The number of aromatic amines is 1. The highest BCUT2D eigenvalue weighted by atomic mass is 32.1. The maximum Gasteiger partial charge on any atom is 0.352 e. The molecule has 4 N–H and O–H groups in total. The lowest BCUT2D eigenvalue weighted by Gasteiger charge is -2.07. The van der Waals surface area contributed by atoms with Crippen LogP contribution in [0, 0.1) is 4.77 Å². The summed E-state index contributed by atoms with van der Waals surface area (Å²) in [4.78, 5) is 17.3. The van der Waals surface area contributed by atoms with Gasteiger partial charge in [0.2, 0.25) is 0 Å². The van der Waals surface area contributed by atoms with Crippen molar-refractivity contribution in [1.82, 2.24) is 9.97 Å². The van der Waals surface area contributed by atoms with E-state index < -0.39 is 5.97 Å². The number of H-pyrrole nitrogens is 1. The molecule has 0 fully saturated rings. The minimum absolute atomic E-state index is 0.0564. The Hall–Kier alpha value is -1.43. The molecule has 1 rings (SSSR count). The number of aromatic carboxylic acids is 1. The third-order valence-corrected chi connectivity index (χ3v) is 2.25. The van der Waals surface area contributed by atoms with E-state index in [2.05, 4.69) is 9.97 Å². The summed E-state index contributed by atoms with van der Waals surface area (Å²) in [7, 11) is 0. The number of rotatable bonds is 4. The summed E-state index contributed by atoms with van der Waals surface area (Å²) in [6.45, 7) is 2.02. The van der Waals surface area contributed by atoms with Gasteiger partial charge >= 0.3 is 5.97 Å². The summed E-state index contributed by atoms with van der Waals surface area (Å²) in [6.07, 6.45) is 2.44. The summed E-state index contributed by atoms with van der Waals surface area (Å²) in [5.41, 5.74) is 6.24. The Balaban J connectivity index is 3.21. The van der Waals surface area contributed by atoms with Gasteiger partial charge in [-0.1, -0.05) is 13.3 Å². The van der Waals surface area contributed by atoms with Crippen LogP contribution in [0.1, 0.15) is 35.8 Å². The van der Waals surface area contributed by atoms with Gasteiger partial charge in [0.05, 0.1) is 0 Å². The summed E-state index contributed by atoms with van der Waals surface area (Å²) in [5, 5.41) is 8.95. The number of unbranched alkanes of at least 4 members (excludes halogenated alkanes) is 1. The van der Waals surface area contributed by atoms with Crippen LogP contribution in [0.2, 0.25) is 0 Å². The summed E-state index contributed by atoms with van der Waals surface area (Å²) >= 11 is 4.77. The number of nitrogen functional groups attached to an aromatic ring is 1. The lowest BCUT2D eigenvalue weighted by atomic mass is 10.1. The molecule has 0 saturated carbocycles. The van der Waals surface area contributed by atoms with Gasteiger partial charge < -0.3 is 15.8 Å². The van der Waals surface area contributed by atoms with Crippen molar-refractivity contribution in [3.8, 4) is 0 Å². The van der Waals surface area contributed by atoms with E-state index in [0.717, 1.165) is 12.8 Å². The van der Waals surface area contributed by atoms with Crippen LogP contribution >= 0.6 is 12.2 Å². The van der Waals surface area contributed by atoms with Crippen LogP contribution < -0.4 is 5.73 Å². The zero-order valence-corrected chi connectivity index (χ0v) is 9.23. The number of anilines is 1. The molecule has 0 aliphatic carbocycles. The van der Waals surface area contributed by atoms with E-state index >= 15 is 0 Å². The van der Waals surface area contributed by atoms with Crippen LogP contribution in [-0.2, 0) is 6.42 Å². The molecule has 1 aromatic heterocycles. The van der Waals surface area contributed by atoms with Crippen molar-refractivity contribution in [2.24, 2.45) is 0 Å². The Kier molecular flexibility index (Phi) is 3.79. The Morgan fingerprint density at radius 2 is 2.33 bits per heavy atom. The fourth-order valence-corrected chi connectivity index (χ4v) is 1.50. The van der Waals surface area contributed by atoms with E-state index in [1.807, 2.05) is 6.92 Å². The molecule has 0 radical (unpaired) electrons. The summed E-state index contributed by atoms with van der Waals surface area (Å²) in [6, 6.07) is 0. The van der Waals surface area contributed by atoms with Crippen LogP contribution in [0.4, 0.5) is 5.82 Å². The van der Waals surface area contributed by atoms with E-state index in [1.54, 1.807) is 0 Å². The van der Waals surface area contributed by atoms with Gasteiger partial charge in [0.25, 0.3) is 0 Å². The molecule has 1 aromatic rings. The minimum atomic E-state index is -1.05. The normalized spacial score (nSPS) is 10.2. The van der Waals surface area contributed by atoms with Crippen molar-refractivity contribution >= 4 is 24.0 Å². The molecule has 0 aromatic carbocycles. The first-order valence-corrected chi connectivity index (χ1v) is 5.09. The first-order chi connectivity index (χ1) is 7.06. The van der Waals surface area contributed by atoms with Crippen molar-refractivity contribution in [2.45, 2.75) is 26.2 Å². The molecular weight excluding hydrogens is 214 g/mol. The number of carboxylic acids is 1. The Labute approximate surface area is 92.3 Å². The Morgan fingerprint density at radius 3 is 2.87 bits per heavy atom. The number of hydrogen-bond donors (Lipinski definition) is 3. The molecule has 6 heteroatoms. The van der Waals surface area contributed by atoms with Gasteiger partial charge in [-0.3, -0.25) is 0 Å². The number of hydrogen-bond acceptors (Lipinski definition) is 4. The molecule has 0 aliphatic rings. The average molecular weight is 227 g/mol. The quantitative estimate of drug-likeness (QED) is 0.682. The van der Waals surface area contributed by atoms with E-state index in [9.17, 15) is 4.79 Å². The van der Waals surface area contributed by atoms with Crippen molar-refractivity contribution in [2.75, 3.05) is 5.73 Å². The van der Waals surface area contributed by atoms with E-state index in [-0.39, 0.29) is 16.3 Å². The van der Waals surface area contributed by atoms with Crippen LogP contribution in [0.3, 0.4) is 0 Å². The number of carbonyl (C=O) groups is 1. The smallest absolute Gasteiger partial charge is 0.352 e. The summed E-state index contributed by atoms with van der Waals surface area (Å²) < 4.78 is 0.102. The second kappa shape index (κ2) is 4.88. The second-order valence-corrected chi connectivity index (χ2v) is 3.58. The highest BCUT2D eigenvalue weighted by molar-refractivity contribution is 7.71. The van der Waals surface area contributed by atoms with Gasteiger partial charge in [0.15, 0.2) is 4.77 Å². The molecule has 0 bridgehead atoms. The van der Waals surface area contributed by atoms with E-state index in [1.165, 1.54) is 0 Å². The van der Waals surface area contributed by atoms with Crippen molar-refractivity contribution in [1.29, 1.82) is 0 Å². The largest absolute Gasteiger partial charge is 0.477 e. The number of nitrogens with zero attached hydrogens (tertiary/aromatic N) is 1. The van der Waals surface area contributed by atoms with Crippen LogP contribution in [0.5, 0.6) is 0 Å². The molecule has 1 heterocycles. The molecular formula is C9H13N3O2S. The van der Waals surface area contributed by atoms with E-state index in [0.29, 0.717) is 12.0 Å². The van der Waals surface area contributed by atoms with Gasteiger partial charge in [-0.25, -0.2) is 9.78 Å². The number of aromatic nitrogens is 2. The highest BCUT2D eigenvalue weighted by Crippen LogP contribution is 2.15. The Morgan fingerprint density at radius 1 is 1.67 bits per heavy atom. The van der Waals surface area contributed by atoms with Crippen LogP contribution in [0.25, 0.3) is 0 Å². The second-order valence-electron chi connectivity index (χ2n) is 3.19. The summed E-state index contributed by atoms with van der Waals surface area (Å²) in [5.74, 6) is -0.842. The predicted molar refractivity (Wildman–Crippen MR) is 59.4 cm³/mol. The molecule has 0 atom stereocenters. The molecule has 0 amide bonds. The molecule has 5 nitrogen and oxygen atoms in total. The molecule has 0 saturated heterocycles. The molecule has 0 spiro atoms. The number of carboxylic acid groups (broad SMARTS) is 1.